The monoisotopic (exact) mass is 507 g/mol. The summed E-state index contributed by atoms with van der Waals surface area (Å²) in [5, 5.41) is 6.65. The minimum atomic E-state index is -0.495. The van der Waals surface area contributed by atoms with Crippen LogP contribution in [0.15, 0.2) is 36.5 Å². The quantitative estimate of drug-likeness (QED) is 0.418. The van der Waals surface area contributed by atoms with Crippen LogP contribution in [0.1, 0.15) is 32.1 Å². The van der Waals surface area contributed by atoms with Crippen LogP contribution in [0.2, 0.25) is 5.02 Å². The summed E-state index contributed by atoms with van der Waals surface area (Å²) in [7, 11) is 0. The van der Waals surface area contributed by atoms with Gasteiger partial charge in [-0.05, 0) is 74.9 Å². The fourth-order valence-corrected chi connectivity index (χ4v) is 4.22. The first kappa shape index (κ1) is 24.3. The van der Waals surface area contributed by atoms with Crippen molar-refractivity contribution in [1.82, 2.24) is 14.9 Å². The molecule has 0 radical (unpaired) electrons. The van der Waals surface area contributed by atoms with Crippen LogP contribution in [-0.4, -0.2) is 47.0 Å². The van der Waals surface area contributed by atoms with Gasteiger partial charge in [0.25, 0.3) is 5.91 Å². The number of anilines is 3. The van der Waals surface area contributed by atoms with Crippen LogP contribution in [-0.2, 0) is 4.79 Å². The maximum absolute atomic E-state index is 13.5. The molecule has 7 nitrogen and oxygen atoms in total. The molecular weight excluding hydrogens is 481 g/mol. The highest BCUT2D eigenvalue weighted by Crippen LogP contribution is 2.34. The number of benzene rings is 2. The summed E-state index contributed by atoms with van der Waals surface area (Å²) in [6.07, 6.45) is 7.57. The van der Waals surface area contributed by atoms with Gasteiger partial charge >= 0.3 is 0 Å². The number of halogens is 2. The topological polar surface area (TPSA) is 79.4 Å². The van der Waals surface area contributed by atoms with E-state index in [1.165, 1.54) is 31.4 Å². The molecule has 1 saturated carbocycles. The van der Waals surface area contributed by atoms with E-state index in [0.29, 0.717) is 47.7 Å². The Morgan fingerprint density at radius 1 is 1.19 bits per heavy atom. The molecule has 2 aliphatic rings. The number of likely N-dealkylation sites (tertiary alicyclic amines) is 1. The van der Waals surface area contributed by atoms with Crippen molar-refractivity contribution in [2.75, 3.05) is 36.9 Å². The number of hydrogen-bond acceptors (Lipinski definition) is 6. The summed E-state index contributed by atoms with van der Waals surface area (Å²) >= 11 is 5.87. The molecule has 2 fully saturated rings. The second-order valence-corrected chi connectivity index (χ2v) is 9.61. The van der Waals surface area contributed by atoms with Gasteiger partial charge in [-0.1, -0.05) is 23.9 Å². The largest absolute Gasteiger partial charge is 0.491 e. The van der Waals surface area contributed by atoms with E-state index < -0.39 is 5.82 Å². The number of ether oxygens (including phenoxy) is 1. The van der Waals surface area contributed by atoms with Crippen LogP contribution in [0.5, 0.6) is 5.75 Å². The first-order chi connectivity index (χ1) is 17.5. The van der Waals surface area contributed by atoms with Gasteiger partial charge in [-0.25, -0.2) is 14.4 Å². The minimum absolute atomic E-state index is 0.0102. The number of hydrogen-bond donors (Lipinski definition) is 2. The Hall–Kier alpha value is -3.41. The van der Waals surface area contributed by atoms with Crippen molar-refractivity contribution < 1.29 is 13.9 Å². The number of carbonyl (C=O) groups excluding carboxylic acids is 1. The molecule has 5 rings (SSSR count). The van der Waals surface area contributed by atoms with Gasteiger partial charge in [0.1, 0.15) is 11.6 Å². The third-order valence-electron chi connectivity index (χ3n) is 6.23. The van der Waals surface area contributed by atoms with E-state index in [1.807, 2.05) is 0 Å². The van der Waals surface area contributed by atoms with Gasteiger partial charge in [-0.15, -0.1) is 0 Å². The third-order valence-corrected chi connectivity index (χ3v) is 6.52. The molecule has 0 unspecified atom stereocenters. The van der Waals surface area contributed by atoms with Crippen molar-refractivity contribution in [2.45, 2.75) is 32.1 Å². The summed E-state index contributed by atoms with van der Waals surface area (Å²) in [6.45, 7) is 3.24. The Kier molecular flexibility index (Phi) is 7.49. The van der Waals surface area contributed by atoms with Gasteiger partial charge < -0.3 is 15.4 Å². The maximum atomic E-state index is 13.5. The van der Waals surface area contributed by atoms with Crippen molar-refractivity contribution in [3.8, 4) is 17.6 Å². The van der Waals surface area contributed by atoms with E-state index in [0.717, 1.165) is 31.3 Å². The number of fused-ring (bicyclic) bond motifs is 1. The van der Waals surface area contributed by atoms with Gasteiger partial charge in [-0.2, -0.15) is 0 Å². The van der Waals surface area contributed by atoms with Crippen LogP contribution in [0.3, 0.4) is 0 Å². The lowest BCUT2D eigenvalue weighted by Crippen LogP contribution is -2.30. The lowest BCUT2D eigenvalue weighted by atomic mass is 10.1. The smallest absolute Gasteiger partial charge is 0.300 e. The number of nitrogens with one attached hydrogen (secondary N) is 2. The van der Waals surface area contributed by atoms with E-state index in [4.69, 9.17) is 16.3 Å². The Bertz CT molecular complexity index is 1330. The van der Waals surface area contributed by atoms with Gasteiger partial charge in [0, 0.05) is 23.3 Å². The fourth-order valence-electron chi connectivity index (χ4n) is 4.03. The molecule has 1 saturated heterocycles. The van der Waals surface area contributed by atoms with Crippen LogP contribution in [0, 0.1) is 23.6 Å². The van der Waals surface area contributed by atoms with Gasteiger partial charge in [0.05, 0.1) is 29.4 Å². The Labute approximate surface area is 214 Å². The zero-order valence-electron chi connectivity index (χ0n) is 19.8. The zero-order valence-corrected chi connectivity index (χ0v) is 20.6. The number of rotatable bonds is 7. The lowest BCUT2D eigenvalue weighted by molar-refractivity contribution is -0.111. The molecule has 2 heterocycles. The highest BCUT2D eigenvalue weighted by molar-refractivity contribution is 6.31. The molecule has 1 aromatic heterocycles. The highest BCUT2D eigenvalue weighted by Gasteiger charge is 2.23. The zero-order chi connectivity index (χ0) is 24.9. The molecule has 36 heavy (non-hydrogen) atoms. The molecule has 9 heteroatoms. The predicted octanol–water partition coefficient (Wildman–Crippen LogP) is 5.38. The highest BCUT2D eigenvalue weighted by atomic mass is 35.5. The molecule has 1 amide bonds. The lowest BCUT2D eigenvalue weighted by Gasteiger charge is -2.23. The fraction of sp³-hybridized carbons (Fsp3) is 0.370. The first-order valence-corrected chi connectivity index (χ1v) is 12.6. The number of carbonyl (C=O) groups is 1. The van der Waals surface area contributed by atoms with E-state index >= 15 is 0 Å². The Morgan fingerprint density at radius 3 is 2.81 bits per heavy atom. The summed E-state index contributed by atoms with van der Waals surface area (Å²) < 4.78 is 19.5. The third kappa shape index (κ3) is 6.42. The van der Waals surface area contributed by atoms with Crippen molar-refractivity contribution in [3.05, 3.63) is 47.4 Å². The summed E-state index contributed by atoms with van der Waals surface area (Å²) in [5.41, 5.74) is 1.74. The second-order valence-electron chi connectivity index (χ2n) is 9.20. The molecule has 0 atom stereocenters. The molecule has 2 aromatic carbocycles. The first-order valence-electron chi connectivity index (χ1n) is 12.2. The van der Waals surface area contributed by atoms with Crippen LogP contribution in [0.25, 0.3) is 10.9 Å². The van der Waals surface area contributed by atoms with E-state index in [9.17, 15) is 9.18 Å². The van der Waals surface area contributed by atoms with Crippen LogP contribution in [0.4, 0.5) is 21.7 Å². The van der Waals surface area contributed by atoms with Crippen molar-refractivity contribution in [1.29, 1.82) is 0 Å². The van der Waals surface area contributed by atoms with Crippen molar-refractivity contribution >= 4 is 45.7 Å². The normalized spacial score (nSPS) is 15.7. The number of amides is 1. The molecule has 186 valence electrons. The summed E-state index contributed by atoms with van der Waals surface area (Å²) in [6, 6.07) is 7.89. The van der Waals surface area contributed by atoms with E-state index in [1.54, 1.807) is 24.4 Å². The van der Waals surface area contributed by atoms with Crippen LogP contribution >= 0.6 is 11.6 Å². The molecule has 3 aromatic rings. The predicted molar refractivity (Wildman–Crippen MR) is 139 cm³/mol. The maximum Gasteiger partial charge on any atom is 0.300 e. The Balaban J connectivity index is 1.33. The SMILES string of the molecule is O=C(C#CCN1CCCCC1)Nc1cc2cnc(Nc3ccc(F)c(Cl)c3)nc2cc1OCC1CC1. The van der Waals surface area contributed by atoms with E-state index in [-0.39, 0.29) is 10.9 Å². The summed E-state index contributed by atoms with van der Waals surface area (Å²) in [5.74, 6) is 6.22. The Morgan fingerprint density at radius 2 is 2.03 bits per heavy atom. The van der Waals surface area contributed by atoms with Gasteiger partial charge in [0.15, 0.2) is 0 Å². The number of nitrogens with zero attached hydrogens (tertiary/aromatic N) is 3. The number of aromatic nitrogens is 2. The van der Waals surface area contributed by atoms with Gasteiger partial charge in [0.2, 0.25) is 5.95 Å². The molecule has 0 spiro atoms. The molecule has 2 N–H and O–H groups in total. The number of piperidine rings is 1. The second kappa shape index (κ2) is 11.1. The molecular formula is C27H27ClFN5O2. The average Bonchev–Trinajstić information content (AvgIpc) is 3.70. The van der Waals surface area contributed by atoms with Crippen molar-refractivity contribution in [2.24, 2.45) is 5.92 Å². The molecule has 1 aliphatic heterocycles. The molecule has 0 bridgehead atoms. The standard InChI is InChI=1S/C27H27ClFN5O2/c28-21-14-20(8-9-22(21)29)31-27-30-16-19-13-24(25(15-23(19)33-27)36-17-18-6-7-18)32-26(35)5-4-12-34-10-2-1-3-11-34/h8-9,13-16,18H,1-3,6-7,10-12,17H2,(H,32,35)(H,30,31,33). The van der Waals surface area contributed by atoms with Crippen molar-refractivity contribution in [3.63, 3.8) is 0 Å². The summed E-state index contributed by atoms with van der Waals surface area (Å²) in [4.78, 5) is 23.7. The van der Waals surface area contributed by atoms with Gasteiger partial charge in [-0.3, -0.25) is 9.69 Å². The minimum Gasteiger partial charge on any atom is -0.491 e. The van der Waals surface area contributed by atoms with E-state index in [2.05, 4.69) is 37.3 Å². The van der Waals surface area contributed by atoms with Crippen LogP contribution < -0.4 is 15.4 Å². The molecule has 1 aliphatic carbocycles. The average molecular weight is 508 g/mol.